The van der Waals surface area contributed by atoms with Crippen LogP contribution in [0.2, 0.25) is 10.0 Å². The van der Waals surface area contributed by atoms with E-state index in [0.717, 1.165) is 26.9 Å². The monoisotopic (exact) mass is 386 g/mol. The van der Waals surface area contributed by atoms with Crippen molar-refractivity contribution in [3.63, 3.8) is 0 Å². The molecule has 0 unspecified atom stereocenters. The Morgan fingerprint density at radius 1 is 1.00 bits per heavy atom. The van der Waals surface area contributed by atoms with Crippen molar-refractivity contribution in [2.45, 2.75) is 6.92 Å². The molecule has 0 N–H and O–H groups in total. The van der Waals surface area contributed by atoms with Gasteiger partial charge in [-0.05, 0) is 36.8 Å². The molecule has 2 heterocycles. The minimum atomic E-state index is 0.642. The summed E-state index contributed by atoms with van der Waals surface area (Å²) in [6.07, 6.45) is 3.79. The minimum absolute atomic E-state index is 0.642. The molecule has 0 radical (unpaired) electrons. The first kappa shape index (κ1) is 16.3. The standard InChI is InChI=1S/C18H12Cl2N4S/c1-11-2-4-12(5-3-11)17-21-22-18-24(17)23-16(25-18)9-6-13-10-14(19)7-8-15(13)20/h2-10H,1H3/b9-6+. The third-order valence-corrected chi connectivity index (χ3v) is 5.12. The van der Waals surface area contributed by atoms with E-state index < -0.39 is 0 Å². The largest absolute Gasteiger partial charge is 0.235 e. The fourth-order valence-corrected chi connectivity index (χ4v) is 3.49. The summed E-state index contributed by atoms with van der Waals surface area (Å²) in [5, 5.41) is 15.1. The van der Waals surface area contributed by atoms with Gasteiger partial charge in [0.15, 0.2) is 5.82 Å². The van der Waals surface area contributed by atoms with E-state index in [2.05, 4.69) is 22.2 Å². The topological polar surface area (TPSA) is 43.1 Å². The second kappa shape index (κ2) is 6.59. The molecule has 0 saturated heterocycles. The molecular weight excluding hydrogens is 375 g/mol. The quantitative estimate of drug-likeness (QED) is 0.457. The first-order chi connectivity index (χ1) is 12.1. The smallest absolute Gasteiger partial charge is 0.182 e. The van der Waals surface area contributed by atoms with Crippen LogP contribution in [0.5, 0.6) is 0 Å². The lowest BCUT2D eigenvalue weighted by Gasteiger charge is -1.98. The molecule has 7 heteroatoms. The average molecular weight is 387 g/mol. The van der Waals surface area contributed by atoms with Crippen LogP contribution in [0, 0.1) is 6.92 Å². The summed E-state index contributed by atoms with van der Waals surface area (Å²) in [4.78, 5) is 0.743. The average Bonchev–Trinajstić information content (AvgIpc) is 3.17. The van der Waals surface area contributed by atoms with Gasteiger partial charge in [-0.2, -0.15) is 9.61 Å². The summed E-state index contributed by atoms with van der Waals surface area (Å²) < 4.78 is 1.76. The highest BCUT2D eigenvalue weighted by Crippen LogP contribution is 2.25. The fourth-order valence-electron chi connectivity index (χ4n) is 2.39. The van der Waals surface area contributed by atoms with Gasteiger partial charge in [-0.3, -0.25) is 0 Å². The van der Waals surface area contributed by atoms with Crippen molar-refractivity contribution in [2.24, 2.45) is 0 Å². The molecule has 0 atom stereocenters. The van der Waals surface area contributed by atoms with E-state index >= 15 is 0 Å². The van der Waals surface area contributed by atoms with E-state index in [1.165, 1.54) is 16.9 Å². The molecule has 0 aliphatic carbocycles. The Balaban J connectivity index is 1.69. The Morgan fingerprint density at radius 2 is 1.80 bits per heavy atom. The van der Waals surface area contributed by atoms with Crippen LogP contribution in [0.15, 0.2) is 42.5 Å². The molecule has 4 aromatic rings. The Labute approximate surface area is 158 Å². The lowest BCUT2D eigenvalue weighted by atomic mass is 10.1. The predicted octanol–water partition coefficient (Wildman–Crippen LogP) is 5.64. The molecule has 2 aromatic heterocycles. The number of benzene rings is 2. The van der Waals surface area contributed by atoms with Crippen LogP contribution < -0.4 is 0 Å². The van der Waals surface area contributed by atoms with E-state index in [1.807, 2.05) is 42.5 Å². The third kappa shape index (κ3) is 3.31. The summed E-state index contributed by atoms with van der Waals surface area (Å²) in [6, 6.07) is 13.5. The van der Waals surface area contributed by atoms with Crippen molar-refractivity contribution in [1.29, 1.82) is 0 Å². The van der Waals surface area contributed by atoms with Crippen molar-refractivity contribution in [1.82, 2.24) is 19.8 Å². The number of aryl methyl sites for hydroxylation is 1. The molecule has 0 fully saturated rings. The molecule has 2 aromatic carbocycles. The number of aromatic nitrogens is 4. The number of halogens is 2. The second-order valence-corrected chi connectivity index (χ2v) is 7.35. The highest BCUT2D eigenvalue weighted by Gasteiger charge is 2.12. The fraction of sp³-hybridized carbons (Fsp3) is 0.0556. The summed E-state index contributed by atoms with van der Waals surface area (Å²) >= 11 is 13.7. The van der Waals surface area contributed by atoms with Gasteiger partial charge in [0.05, 0.1) is 0 Å². The molecule has 4 nitrogen and oxygen atoms in total. The van der Waals surface area contributed by atoms with Crippen LogP contribution in [-0.2, 0) is 0 Å². The van der Waals surface area contributed by atoms with Crippen molar-refractivity contribution in [2.75, 3.05) is 0 Å². The minimum Gasteiger partial charge on any atom is -0.182 e. The van der Waals surface area contributed by atoms with Crippen LogP contribution in [-0.4, -0.2) is 19.8 Å². The first-order valence-corrected chi connectivity index (χ1v) is 9.10. The Bertz CT molecular complexity index is 1080. The molecular formula is C18H12Cl2N4S. The molecule has 124 valence electrons. The Hall–Kier alpha value is -2.21. The zero-order valence-corrected chi connectivity index (χ0v) is 15.5. The van der Waals surface area contributed by atoms with Crippen LogP contribution >= 0.6 is 34.5 Å². The van der Waals surface area contributed by atoms with Gasteiger partial charge in [-0.15, -0.1) is 10.2 Å². The van der Waals surface area contributed by atoms with Crippen molar-refractivity contribution >= 4 is 51.7 Å². The van der Waals surface area contributed by atoms with Gasteiger partial charge in [0.2, 0.25) is 4.96 Å². The molecule has 0 spiro atoms. The lowest BCUT2D eigenvalue weighted by molar-refractivity contribution is 0.959. The molecule has 25 heavy (non-hydrogen) atoms. The van der Waals surface area contributed by atoms with Gasteiger partial charge < -0.3 is 0 Å². The maximum atomic E-state index is 6.18. The normalized spacial score (nSPS) is 11.6. The van der Waals surface area contributed by atoms with Crippen LogP contribution in [0.4, 0.5) is 0 Å². The molecule has 0 aliphatic heterocycles. The van der Waals surface area contributed by atoms with Crippen LogP contribution in [0.1, 0.15) is 16.1 Å². The highest BCUT2D eigenvalue weighted by atomic mass is 35.5. The predicted molar refractivity (Wildman–Crippen MR) is 104 cm³/mol. The Morgan fingerprint density at radius 3 is 2.60 bits per heavy atom. The second-order valence-electron chi connectivity index (χ2n) is 5.52. The summed E-state index contributed by atoms with van der Waals surface area (Å²) in [5.41, 5.74) is 3.03. The lowest BCUT2D eigenvalue weighted by Crippen LogP contribution is -1.90. The van der Waals surface area contributed by atoms with Crippen molar-refractivity contribution in [3.05, 3.63) is 68.6 Å². The number of hydrogen-bond acceptors (Lipinski definition) is 4. The zero-order valence-electron chi connectivity index (χ0n) is 13.1. The highest BCUT2D eigenvalue weighted by molar-refractivity contribution is 7.17. The van der Waals surface area contributed by atoms with E-state index in [9.17, 15) is 0 Å². The van der Waals surface area contributed by atoms with Crippen LogP contribution in [0.25, 0.3) is 28.5 Å². The molecule has 0 bridgehead atoms. The van der Waals surface area contributed by atoms with Gasteiger partial charge >= 0.3 is 0 Å². The van der Waals surface area contributed by atoms with Crippen molar-refractivity contribution < 1.29 is 0 Å². The van der Waals surface area contributed by atoms with Gasteiger partial charge in [-0.25, -0.2) is 0 Å². The van der Waals surface area contributed by atoms with Crippen molar-refractivity contribution in [3.8, 4) is 11.4 Å². The van der Waals surface area contributed by atoms with Gasteiger partial charge in [-0.1, -0.05) is 70.4 Å². The molecule has 0 amide bonds. The maximum Gasteiger partial charge on any atom is 0.235 e. The van der Waals surface area contributed by atoms with E-state index in [1.54, 1.807) is 16.6 Å². The number of fused-ring (bicyclic) bond motifs is 1. The number of rotatable bonds is 3. The van der Waals surface area contributed by atoms with Crippen LogP contribution in [0.3, 0.4) is 0 Å². The SMILES string of the molecule is Cc1ccc(-c2nnc3sc(/C=C/c4cc(Cl)ccc4Cl)nn23)cc1. The van der Waals surface area contributed by atoms with E-state index in [4.69, 9.17) is 23.2 Å². The number of nitrogens with zero attached hydrogens (tertiary/aromatic N) is 4. The molecule has 0 aliphatic rings. The van der Waals surface area contributed by atoms with Gasteiger partial charge in [0, 0.05) is 15.6 Å². The summed E-state index contributed by atoms with van der Waals surface area (Å²) in [6.45, 7) is 2.05. The maximum absolute atomic E-state index is 6.18. The van der Waals surface area contributed by atoms with E-state index in [-0.39, 0.29) is 0 Å². The van der Waals surface area contributed by atoms with Gasteiger partial charge in [0.25, 0.3) is 0 Å². The van der Waals surface area contributed by atoms with E-state index in [0.29, 0.717) is 10.0 Å². The number of hydrogen-bond donors (Lipinski definition) is 0. The Kier molecular flexibility index (Phi) is 4.29. The molecule has 4 rings (SSSR count). The third-order valence-electron chi connectivity index (χ3n) is 3.68. The summed E-state index contributed by atoms with van der Waals surface area (Å²) in [7, 11) is 0. The zero-order chi connectivity index (χ0) is 17.4. The molecule has 0 saturated carbocycles. The van der Waals surface area contributed by atoms with Gasteiger partial charge in [0.1, 0.15) is 5.01 Å². The summed E-state index contributed by atoms with van der Waals surface area (Å²) in [5.74, 6) is 0.728. The first-order valence-electron chi connectivity index (χ1n) is 7.52.